The second-order valence-corrected chi connectivity index (χ2v) is 11.3. The van der Waals surface area contributed by atoms with E-state index in [-0.39, 0.29) is 35.5 Å². The Morgan fingerprint density at radius 2 is 1.68 bits per heavy atom. The van der Waals surface area contributed by atoms with Gasteiger partial charge in [0, 0.05) is 49.2 Å². The van der Waals surface area contributed by atoms with E-state index in [1.165, 1.54) is 96.7 Å². The second kappa shape index (κ2) is 10.9. The van der Waals surface area contributed by atoms with E-state index in [9.17, 15) is 0 Å². The molecule has 4 heteroatoms. The summed E-state index contributed by atoms with van der Waals surface area (Å²) in [5.74, 6) is 0. The second-order valence-electron chi connectivity index (χ2n) is 11.3. The quantitative estimate of drug-likeness (QED) is 0.382. The molecule has 0 bridgehead atoms. The first-order chi connectivity index (χ1) is 17.5. The lowest BCUT2D eigenvalue weighted by Crippen LogP contribution is -3.00. The zero-order chi connectivity index (χ0) is 24.7. The molecule has 0 saturated carbocycles. The number of rotatable bonds is 5. The molecule has 6 rings (SSSR count). The molecule has 2 aliphatic carbocycles. The average molecular weight is 607 g/mol. The van der Waals surface area contributed by atoms with Crippen molar-refractivity contribution < 1.29 is 33.3 Å². The van der Waals surface area contributed by atoms with Crippen molar-refractivity contribution in [3.05, 3.63) is 94.6 Å². The molecule has 2 aliphatic heterocycles. The maximum absolute atomic E-state index is 6.55. The van der Waals surface area contributed by atoms with Gasteiger partial charge in [-0.15, -0.1) is 0 Å². The van der Waals surface area contributed by atoms with Gasteiger partial charge in [0.25, 0.3) is 0 Å². The first-order valence-corrected chi connectivity index (χ1v) is 13.8. The zero-order valence-electron chi connectivity index (χ0n) is 22.5. The first-order valence-electron chi connectivity index (χ1n) is 13.8. The van der Waals surface area contributed by atoms with Crippen LogP contribution in [0, 0.1) is 0 Å². The van der Waals surface area contributed by atoms with Crippen LogP contribution in [0.25, 0.3) is 5.57 Å². The summed E-state index contributed by atoms with van der Waals surface area (Å²) in [4.78, 5) is 2.56. The maximum Gasteiger partial charge on any atom is 0.200 e. The van der Waals surface area contributed by atoms with Crippen LogP contribution >= 0.6 is 0 Å². The zero-order valence-corrected chi connectivity index (χ0v) is 24.6. The summed E-state index contributed by atoms with van der Waals surface area (Å²) in [5, 5.41) is 0. The summed E-state index contributed by atoms with van der Waals surface area (Å²) in [6.07, 6.45) is 12.4. The van der Waals surface area contributed by atoms with Gasteiger partial charge >= 0.3 is 0 Å². The van der Waals surface area contributed by atoms with Crippen molar-refractivity contribution in [2.24, 2.45) is 0 Å². The fourth-order valence-electron chi connectivity index (χ4n) is 6.52. The summed E-state index contributed by atoms with van der Waals surface area (Å²) in [7, 11) is 0. The minimum atomic E-state index is -0.0706. The van der Waals surface area contributed by atoms with Crippen molar-refractivity contribution in [1.29, 1.82) is 0 Å². The number of halogens is 1. The molecule has 0 amide bonds. The Morgan fingerprint density at radius 1 is 0.946 bits per heavy atom. The molecular weight excluding hydrogens is 567 g/mol. The van der Waals surface area contributed by atoms with Gasteiger partial charge in [-0.25, -0.2) is 4.58 Å². The van der Waals surface area contributed by atoms with E-state index < -0.39 is 0 Å². The number of ether oxygens (including phenoxy) is 1. The van der Waals surface area contributed by atoms with Crippen LogP contribution in [0.4, 0.5) is 5.69 Å². The van der Waals surface area contributed by atoms with Crippen LogP contribution in [0.5, 0.6) is 0 Å². The lowest BCUT2D eigenvalue weighted by atomic mass is 9.64. The SMILES string of the molecule is CC(OCc1ccccc1)C1=C2C=CC(=[N+]3CCCC3)C=C2C(C)(C)c2cc(N3CCCC3)ccc21.[I-]. The van der Waals surface area contributed by atoms with E-state index in [4.69, 9.17) is 4.74 Å². The number of hydrogen-bond acceptors (Lipinski definition) is 2. The highest BCUT2D eigenvalue weighted by Crippen LogP contribution is 2.50. The van der Waals surface area contributed by atoms with Gasteiger partial charge in [0.15, 0.2) is 5.71 Å². The van der Waals surface area contributed by atoms with Crippen LogP contribution < -0.4 is 28.9 Å². The van der Waals surface area contributed by atoms with E-state index >= 15 is 0 Å². The summed E-state index contributed by atoms with van der Waals surface area (Å²) in [6.45, 7) is 12.4. The van der Waals surface area contributed by atoms with E-state index in [1.807, 2.05) is 0 Å². The minimum Gasteiger partial charge on any atom is -1.00 e. The highest BCUT2D eigenvalue weighted by molar-refractivity contribution is 6.06. The van der Waals surface area contributed by atoms with Gasteiger partial charge in [0.1, 0.15) is 13.1 Å². The molecule has 3 nitrogen and oxygen atoms in total. The van der Waals surface area contributed by atoms with Crippen molar-refractivity contribution in [2.45, 2.75) is 64.6 Å². The van der Waals surface area contributed by atoms with Crippen LogP contribution in [-0.4, -0.2) is 42.6 Å². The molecule has 1 unspecified atom stereocenters. The molecule has 194 valence electrons. The largest absolute Gasteiger partial charge is 1.00 e. The Labute approximate surface area is 239 Å². The summed E-state index contributed by atoms with van der Waals surface area (Å²) in [5.41, 5.74) is 10.8. The Morgan fingerprint density at radius 3 is 2.41 bits per heavy atom. The fourth-order valence-corrected chi connectivity index (χ4v) is 6.52. The predicted octanol–water partition coefficient (Wildman–Crippen LogP) is 3.68. The third-order valence-corrected chi connectivity index (χ3v) is 8.63. The molecule has 2 fully saturated rings. The fraction of sp³-hybridized carbons (Fsp3) is 0.424. The van der Waals surface area contributed by atoms with Crippen LogP contribution in [0.2, 0.25) is 0 Å². The number of nitrogens with zero attached hydrogens (tertiary/aromatic N) is 2. The molecule has 2 saturated heterocycles. The smallest absolute Gasteiger partial charge is 0.200 e. The maximum atomic E-state index is 6.55. The highest BCUT2D eigenvalue weighted by atomic mass is 127. The molecule has 2 heterocycles. The van der Waals surface area contributed by atoms with Gasteiger partial charge in [0.2, 0.25) is 0 Å². The highest BCUT2D eigenvalue weighted by Gasteiger charge is 2.40. The minimum absolute atomic E-state index is 0. The predicted molar refractivity (Wildman–Crippen MR) is 150 cm³/mol. The van der Waals surface area contributed by atoms with Crippen LogP contribution in [0.15, 0.2) is 77.9 Å². The van der Waals surface area contributed by atoms with Crippen molar-refractivity contribution in [1.82, 2.24) is 0 Å². The molecular formula is C33H39IN2O. The number of hydrogen-bond donors (Lipinski definition) is 0. The molecule has 4 aliphatic rings. The molecule has 2 aromatic rings. The number of anilines is 1. The Bertz CT molecular complexity index is 1270. The van der Waals surface area contributed by atoms with Crippen molar-refractivity contribution >= 4 is 17.0 Å². The summed E-state index contributed by atoms with van der Waals surface area (Å²) < 4.78 is 9.11. The molecule has 2 aromatic carbocycles. The van der Waals surface area contributed by atoms with Gasteiger partial charge < -0.3 is 33.6 Å². The lowest BCUT2D eigenvalue weighted by molar-refractivity contribution is -0.504. The van der Waals surface area contributed by atoms with Gasteiger partial charge in [-0.05, 0) is 71.4 Å². The van der Waals surface area contributed by atoms with Crippen molar-refractivity contribution in [3.63, 3.8) is 0 Å². The van der Waals surface area contributed by atoms with Crippen LogP contribution in [-0.2, 0) is 16.8 Å². The first kappa shape index (κ1) is 26.4. The number of fused-ring (bicyclic) bond motifs is 2. The topological polar surface area (TPSA) is 15.5 Å². The number of allylic oxidation sites excluding steroid dienone is 5. The third-order valence-electron chi connectivity index (χ3n) is 8.63. The molecule has 0 N–H and O–H groups in total. The lowest BCUT2D eigenvalue weighted by Gasteiger charge is -2.40. The monoisotopic (exact) mass is 606 g/mol. The van der Waals surface area contributed by atoms with E-state index in [1.54, 1.807) is 0 Å². The Kier molecular flexibility index (Phi) is 7.78. The number of benzene rings is 2. The van der Waals surface area contributed by atoms with E-state index in [0.29, 0.717) is 6.61 Å². The van der Waals surface area contributed by atoms with E-state index in [2.05, 4.69) is 97.0 Å². The third kappa shape index (κ3) is 4.99. The Balaban J connectivity index is 0.00000280. The standard InChI is InChI=1S/C33H39N2O.HI/c1-24(36-23-25-11-5-4-6-12-25)32-28-15-13-26(34-17-7-8-18-34)21-30(28)33(2,3)31-22-27(14-16-29(31)32)35-19-9-10-20-35;/h4-6,11-16,21-22,24H,7-10,17-20,23H2,1-3H3;1H/q+1;/p-1. The summed E-state index contributed by atoms with van der Waals surface area (Å²) in [6, 6.07) is 17.7. The molecule has 0 spiro atoms. The average Bonchev–Trinajstić information content (AvgIpc) is 3.63. The Hall–Kier alpha value is -2.18. The normalized spacial score (nSPS) is 20.9. The van der Waals surface area contributed by atoms with Gasteiger partial charge in [-0.3, -0.25) is 0 Å². The van der Waals surface area contributed by atoms with Crippen LogP contribution in [0.1, 0.15) is 63.1 Å². The van der Waals surface area contributed by atoms with Crippen LogP contribution in [0.3, 0.4) is 0 Å². The molecule has 0 radical (unpaired) electrons. The molecule has 0 aromatic heterocycles. The summed E-state index contributed by atoms with van der Waals surface area (Å²) >= 11 is 0. The van der Waals surface area contributed by atoms with Gasteiger partial charge in [-0.2, -0.15) is 0 Å². The van der Waals surface area contributed by atoms with Crippen molar-refractivity contribution in [3.8, 4) is 0 Å². The van der Waals surface area contributed by atoms with E-state index in [0.717, 1.165) is 0 Å². The van der Waals surface area contributed by atoms with Gasteiger partial charge in [0.05, 0.1) is 12.7 Å². The van der Waals surface area contributed by atoms with Gasteiger partial charge in [-0.1, -0.05) is 50.2 Å². The molecule has 37 heavy (non-hydrogen) atoms. The van der Waals surface area contributed by atoms with Crippen molar-refractivity contribution in [2.75, 3.05) is 31.1 Å². The molecule has 1 atom stereocenters.